The van der Waals surface area contributed by atoms with E-state index in [0.717, 1.165) is 25.7 Å². The van der Waals surface area contributed by atoms with Gasteiger partial charge in [-0.25, -0.2) is 9.59 Å². The highest BCUT2D eigenvalue weighted by Crippen LogP contribution is 2.23. The minimum absolute atomic E-state index is 0.0244. The zero-order valence-corrected chi connectivity index (χ0v) is 17.3. The molecular weight excluding hydrogens is 386 g/mol. The van der Waals surface area contributed by atoms with Crippen molar-refractivity contribution < 1.29 is 23.9 Å². The van der Waals surface area contributed by atoms with Crippen LogP contribution < -0.4 is 15.4 Å². The average Bonchev–Trinajstić information content (AvgIpc) is 2.73. The van der Waals surface area contributed by atoms with E-state index in [1.165, 1.54) is 6.08 Å². The fourth-order valence-electron chi connectivity index (χ4n) is 3.24. The van der Waals surface area contributed by atoms with E-state index in [1.54, 1.807) is 30.3 Å². The topological polar surface area (TPSA) is 118 Å². The monoisotopic (exact) mass is 413 g/mol. The number of nitrogens with zero attached hydrogens (tertiary/aromatic N) is 1. The molecule has 8 heteroatoms. The molecule has 2 N–H and O–H groups in total. The highest BCUT2D eigenvalue weighted by Gasteiger charge is 2.23. The lowest BCUT2D eigenvalue weighted by Crippen LogP contribution is -2.48. The first-order valence-corrected chi connectivity index (χ1v) is 10.0. The minimum atomic E-state index is -0.942. The zero-order valence-electron chi connectivity index (χ0n) is 17.3. The van der Waals surface area contributed by atoms with Gasteiger partial charge in [-0.2, -0.15) is 5.26 Å². The SMILES string of the molecule is CCOc1ccc(/C=C(\C#N)C(=O)OCC(=O)NC(=O)N[C@H]2CCCC[C@H]2C)cc1. The van der Waals surface area contributed by atoms with Gasteiger partial charge in [-0.3, -0.25) is 10.1 Å². The van der Waals surface area contributed by atoms with Crippen LogP contribution in [0.1, 0.15) is 45.1 Å². The number of benzene rings is 1. The molecule has 0 radical (unpaired) electrons. The summed E-state index contributed by atoms with van der Waals surface area (Å²) in [5.74, 6) is -0.679. The molecule has 2 rings (SSSR count). The van der Waals surface area contributed by atoms with Crippen molar-refractivity contribution in [2.24, 2.45) is 5.92 Å². The molecule has 30 heavy (non-hydrogen) atoms. The van der Waals surface area contributed by atoms with Gasteiger partial charge in [0, 0.05) is 6.04 Å². The summed E-state index contributed by atoms with van der Waals surface area (Å²) in [5, 5.41) is 14.1. The second kappa shape index (κ2) is 11.6. The zero-order chi connectivity index (χ0) is 21.9. The van der Waals surface area contributed by atoms with Crippen LogP contribution in [-0.4, -0.2) is 37.2 Å². The second-order valence-corrected chi connectivity index (χ2v) is 7.14. The Morgan fingerprint density at radius 2 is 1.90 bits per heavy atom. The Labute approximate surface area is 176 Å². The normalized spacial score (nSPS) is 18.6. The van der Waals surface area contributed by atoms with Gasteiger partial charge < -0.3 is 14.8 Å². The molecule has 8 nitrogen and oxygen atoms in total. The number of hydrogen-bond donors (Lipinski definition) is 2. The molecule has 0 bridgehead atoms. The summed E-state index contributed by atoms with van der Waals surface area (Å²) in [7, 11) is 0. The molecule has 0 aromatic heterocycles. The molecule has 2 atom stereocenters. The maximum absolute atomic E-state index is 12.1. The van der Waals surface area contributed by atoms with E-state index in [-0.39, 0.29) is 11.6 Å². The van der Waals surface area contributed by atoms with Crippen LogP contribution >= 0.6 is 0 Å². The quantitative estimate of drug-likeness (QED) is 0.403. The highest BCUT2D eigenvalue weighted by atomic mass is 16.5. The van der Waals surface area contributed by atoms with E-state index < -0.39 is 24.5 Å². The van der Waals surface area contributed by atoms with Crippen LogP contribution in [0.25, 0.3) is 6.08 Å². The molecule has 1 aliphatic carbocycles. The van der Waals surface area contributed by atoms with Crippen molar-refractivity contribution in [3.63, 3.8) is 0 Å². The molecular formula is C22H27N3O5. The molecule has 1 saturated carbocycles. The number of esters is 1. The Kier molecular flexibility index (Phi) is 8.88. The molecule has 3 amide bonds. The lowest BCUT2D eigenvalue weighted by atomic mass is 9.86. The number of carbonyl (C=O) groups excluding carboxylic acids is 3. The van der Waals surface area contributed by atoms with Gasteiger partial charge in [0.1, 0.15) is 17.4 Å². The maximum Gasteiger partial charge on any atom is 0.349 e. The molecule has 0 aliphatic heterocycles. The molecule has 1 aliphatic rings. The Hall–Kier alpha value is -3.34. The van der Waals surface area contributed by atoms with E-state index in [0.29, 0.717) is 23.8 Å². The Morgan fingerprint density at radius 3 is 2.53 bits per heavy atom. The highest BCUT2D eigenvalue weighted by molar-refractivity contribution is 6.00. The van der Waals surface area contributed by atoms with Crippen molar-refractivity contribution in [1.29, 1.82) is 5.26 Å². The van der Waals surface area contributed by atoms with Crippen molar-refractivity contribution in [2.45, 2.75) is 45.6 Å². The molecule has 0 heterocycles. The van der Waals surface area contributed by atoms with Crippen LogP contribution in [-0.2, 0) is 14.3 Å². The Bertz CT molecular complexity index is 826. The van der Waals surface area contributed by atoms with Crippen LogP contribution in [0, 0.1) is 17.2 Å². The van der Waals surface area contributed by atoms with Gasteiger partial charge in [-0.1, -0.05) is 31.9 Å². The number of carbonyl (C=O) groups is 3. The van der Waals surface area contributed by atoms with Gasteiger partial charge in [0.25, 0.3) is 5.91 Å². The van der Waals surface area contributed by atoms with E-state index in [1.807, 2.05) is 6.92 Å². The molecule has 0 unspecified atom stereocenters. The third kappa shape index (κ3) is 7.24. The van der Waals surface area contributed by atoms with Crippen molar-refractivity contribution in [3.05, 3.63) is 35.4 Å². The first-order chi connectivity index (χ1) is 14.4. The van der Waals surface area contributed by atoms with Gasteiger partial charge in [0.05, 0.1) is 6.61 Å². The first-order valence-electron chi connectivity index (χ1n) is 10.0. The van der Waals surface area contributed by atoms with E-state index >= 15 is 0 Å². The molecule has 160 valence electrons. The largest absolute Gasteiger partial charge is 0.494 e. The molecule has 0 spiro atoms. The predicted molar refractivity (Wildman–Crippen MR) is 110 cm³/mol. The standard InChI is InChI=1S/C22H27N3O5/c1-3-29-18-10-8-16(9-11-18)12-17(13-23)21(27)30-14-20(26)25-22(28)24-19-7-5-4-6-15(19)2/h8-12,15,19H,3-7,14H2,1-2H3,(H2,24,25,26,28)/b17-12+/t15-,19+/m1/s1. The number of nitrogens with one attached hydrogen (secondary N) is 2. The van der Waals surface area contributed by atoms with Crippen LogP contribution in [0.15, 0.2) is 29.8 Å². The summed E-state index contributed by atoms with van der Waals surface area (Å²) in [4.78, 5) is 35.9. The number of hydrogen-bond acceptors (Lipinski definition) is 6. The second-order valence-electron chi connectivity index (χ2n) is 7.14. The number of nitriles is 1. The predicted octanol–water partition coefficient (Wildman–Crippen LogP) is 2.94. The Morgan fingerprint density at radius 1 is 1.20 bits per heavy atom. The first kappa shape index (κ1) is 22.9. The van der Waals surface area contributed by atoms with Gasteiger partial charge in [-0.15, -0.1) is 0 Å². The third-order valence-electron chi connectivity index (χ3n) is 4.86. The number of imide groups is 1. The van der Waals surface area contributed by atoms with E-state index in [4.69, 9.17) is 9.47 Å². The van der Waals surface area contributed by atoms with Crippen molar-refractivity contribution >= 4 is 24.0 Å². The van der Waals surface area contributed by atoms with Crippen LogP contribution in [0.2, 0.25) is 0 Å². The van der Waals surface area contributed by atoms with E-state index in [9.17, 15) is 19.6 Å². The maximum atomic E-state index is 12.1. The van der Waals surface area contributed by atoms with Crippen molar-refractivity contribution in [1.82, 2.24) is 10.6 Å². The van der Waals surface area contributed by atoms with Gasteiger partial charge in [-0.05, 0) is 49.5 Å². The van der Waals surface area contributed by atoms with Gasteiger partial charge >= 0.3 is 12.0 Å². The van der Waals surface area contributed by atoms with Gasteiger partial charge in [0.15, 0.2) is 6.61 Å². The summed E-state index contributed by atoms with van der Waals surface area (Å²) < 4.78 is 10.2. The van der Waals surface area contributed by atoms with Crippen LogP contribution in [0.5, 0.6) is 5.75 Å². The molecule has 1 aromatic carbocycles. The minimum Gasteiger partial charge on any atom is -0.494 e. The fourth-order valence-corrected chi connectivity index (χ4v) is 3.24. The fraction of sp³-hybridized carbons (Fsp3) is 0.455. The summed E-state index contributed by atoms with van der Waals surface area (Å²) in [5.41, 5.74) is 0.352. The number of rotatable bonds is 7. The molecule has 0 saturated heterocycles. The lowest BCUT2D eigenvalue weighted by molar-refractivity contribution is -0.144. The summed E-state index contributed by atoms with van der Waals surface area (Å²) >= 11 is 0. The van der Waals surface area contributed by atoms with Gasteiger partial charge in [0.2, 0.25) is 0 Å². The third-order valence-corrected chi connectivity index (χ3v) is 4.86. The summed E-state index contributed by atoms with van der Waals surface area (Å²) in [6, 6.07) is 7.99. The average molecular weight is 413 g/mol. The number of ether oxygens (including phenoxy) is 2. The Balaban J connectivity index is 1.82. The molecule has 1 fully saturated rings. The van der Waals surface area contributed by atoms with Crippen LogP contribution in [0.4, 0.5) is 4.79 Å². The number of urea groups is 1. The van der Waals surface area contributed by atoms with E-state index in [2.05, 4.69) is 17.6 Å². The molecule has 1 aromatic rings. The lowest BCUT2D eigenvalue weighted by Gasteiger charge is -2.29. The smallest absolute Gasteiger partial charge is 0.349 e. The van der Waals surface area contributed by atoms with Crippen molar-refractivity contribution in [3.8, 4) is 11.8 Å². The van der Waals surface area contributed by atoms with Crippen LogP contribution in [0.3, 0.4) is 0 Å². The summed E-state index contributed by atoms with van der Waals surface area (Å²) in [6.07, 6.45) is 5.45. The van der Waals surface area contributed by atoms with Crippen molar-refractivity contribution in [2.75, 3.05) is 13.2 Å². The summed E-state index contributed by atoms with van der Waals surface area (Å²) in [6.45, 7) is 3.81. The number of amides is 3.